The van der Waals surface area contributed by atoms with Crippen molar-refractivity contribution in [1.29, 1.82) is 5.26 Å². The number of nitrogens with zero attached hydrogens (tertiary/aromatic N) is 3. The summed E-state index contributed by atoms with van der Waals surface area (Å²) in [7, 11) is 1.67. The van der Waals surface area contributed by atoms with E-state index in [4.69, 9.17) is 10.00 Å². The lowest BCUT2D eigenvalue weighted by Crippen LogP contribution is -2.51. The first kappa shape index (κ1) is 10.8. The quantitative estimate of drug-likeness (QED) is 0.259. The molecule has 0 spiro atoms. The molecule has 1 fully saturated rings. The number of aliphatic imine (C=N–C) groups is 1. The van der Waals surface area contributed by atoms with Crippen LogP contribution in [-0.2, 0) is 4.74 Å². The van der Waals surface area contributed by atoms with Gasteiger partial charge < -0.3 is 9.64 Å². The number of ether oxygens (including phenoxy) is 1. The maximum absolute atomic E-state index is 8.53. The van der Waals surface area contributed by atoms with Crippen molar-refractivity contribution in [3.05, 3.63) is 0 Å². The summed E-state index contributed by atoms with van der Waals surface area (Å²) in [5.41, 5.74) is 0. The molecular formula is C9H16N4O. The normalized spacial score (nSPS) is 28.4. The molecule has 1 heterocycles. The minimum absolute atomic E-state index is 0.177. The standard InChI is InChI=1S/C9H16N4O/c1-7-4-13(5-8(2)14-7)9(11-3)12-6-10/h7-8H,4-5H2,1-3H3,(H,11,12). The van der Waals surface area contributed by atoms with E-state index in [-0.39, 0.29) is 12.2 Å². The molecule has 0 aliphatic carbocycles. The molecule has 2 atom stereocenters. The van der Waals surface area contributed by atoms with Crippen LogP contribution in [0.15, 0.2) is 4.99 Å². The fourth-order valence-corrected chi connectivity index (χ4v) is 1.68. The molecule has 0 radical (unpaired) electrons. The van der Waals surface area contributed by atoms with Crippen LogP contribution >= 0.6 is 0 Å². The zero-order valence-electron chi connectivity index (χ0n) is 8.82. The van der Waals surface area contributed by atoms with E-state index in [1.807, 2.05) is 24.9 Å². The highest BCUT2D eigenvalue weighted by Crippen LogP contribution is 2.10. The summed E-state index contributed by atoms with van der Waals surface area (Å²) in [5.74, 6) is 0.620. The van der Waals surface area contributed by atoms with E-state index in [9.17, 15) is 0 Å². The van der Waals surface area contributed by atoms with Crippen LogP contribution < -0.4 is 5.32 Å². The molecule has 0 aromatic rings. The molecule has 0 bridgehead atoms. The molecule has 1 aliphatic rings. The largest absolute Gasteiger partial charge is 0.372 e. The van der Waals surface area contributed by atoms with Crippen LogP contribution in [0.4, 0.5) is 0 Å². The number of nitriles is 1. The molecule has 2 unspecified atom stereocenters. The molecule has 1 saturated heterocycles. The van der Waals surface area contributed by atoms with Crippen LogP contribution in [0.2, 0.25) is 0 Å². The third kappa shape index (κ3) is 2.60. The number of morpholine rings is 1. The summed E-state index contributed by atoms with van der Waals surface area (Å²) in [6.07, 6.45) is 2.24. The van der Waals surface area contributed by atoms with Crippen LogP contribution in [0.1, 0.15) is 13.8 Å². The van der Waals surface area contributed by atoms with Crippen LogP contribution in [0.3, 0.4) is 0 Å². The van der Waals surface area contributed by atoms with Crippen LogP contribution in [-0.4, -0.2) is 43.2 Å². The molecule has 0 aromatic carbocycles. The Labute approximate surface area is 84.4 Å². The first-order chi connectivity index (χ1) is 6.67. The van der Waals surface area contributed by atoms with Crippen molar-refractivity contribution in [1.82, 2.24) is 10.2 Å². The van der Waals surface area contributed by atoms with Gasteiger partial charge in [-0.25, -0.2) is 0 Å². The van der Waals surface area contributed by atoms with Crippen LogP contribution in [0.5, 0.6) is 0 Å². The molecule has 0 amide bonds. The van der Waals surface area contributed by atoms with E-state index in [2.05, 4.69) is 10.3 Å². The lowest BCUT2D eigenvalue weighted by atomic mass is 10.2. The highest BCUT2D eigenvalue weighted by atomic mass is 16.5. The monoisotopic (exact) mass is 196 g/mol. The maximum Gasteiger partial charge on any atom is 0.207 e. The van der Waals surface area contributed by atoms with Gasteiger partial charge in [0.05, 0.1) is 12.2 Å². The fourth-order valence-electron chi connectivity index (χ4n) is 1.68. The molecule has 1 aliphatic heterocycles. The second kappa shape index (κ2) is 4.82. The van der Waals surface area contributed by atoms with Gasteiger partial charge in [-0.05, 0) is 13.8 Å². The van der Waals surface area contributed by atoms with E-state index in [0.717, 1.165) is 13.1 Å². The highest BCUT2D eigenvalue weighted by Gasteiger charge is 2.24. The fraction of sp³-hybridized carbons (Fsp3) is 0.778. The average Bonchev–Trinajstić information content (AvgIpc) is 2.12. The topological polar surface area (TPSA) is 60.7 Å². The van der Waals surface area contributed by atoms with Crippen molar-refractivity contribution >= 4 is 5.96 Å². The average molecular weight is 196 g/mol. The number of hydrogen-bond donors (Lipinski definition) is 1. The smallest absolute Gasteiger partial charge is 0.207 e. The Balaban J connectivity index is 2.62. The summed E-state index contributed by atoms with van der Waals surface area (Å²) in [5, 5.41) is 11.1. The zero-order valence-corrected chi connectivity index (χ0v) is 8.82. The Morgan fingerprint density at radius 1 is 1.50 bits per heavy atom. The van der Waals surface area contributed by atoms with E-state index in [1.54, 1.807) is 7.05 Å². The van der Waals surface area contributed by atoms with Gasteiger partial charge in [0.25, 0.3) is 0 Å². The second-order valence-corrected chi connectivity index (χ2v) is 3.45. The van der Waals surface area contributed by atoms with Gasteiger partial charge in [-0.3, -0.25) is 10.3 Å². The summed E-state index contributed by atoms with van der Waals surface area (Å²) in [6, 6.07) is 0. The van der Waals surface area contributed by atoms with E-state index >= 15 is 0 Å². The predicted molar refractivity (Wildman–Crippen MR) is 53.7 cm³/mol. The summed E-state index contributed by atoms with van der Waals surface area (Å²) >= 11 is 0. The van der Waals surface area contributed by atoms with Gasteiger partial charge in [0.2, 0.25) is 5.96 Å². The number of guanidine groups is 1. The lowest BCUT2D eigenvalue weighted by Gasteiger charge is -2.36. The van der Waals surface area contributed by atoms with Gasteiger partial charge in [0.15, 0.2) is 6.19 Å². The first-order valence-corrected chi connectivity index (χ1v) is 4.69. The molecule has 5 nitrogen and oxygen atoms in total. The van der Waals surface area contributed by atoms with Crippen LogP contribution in [0.25, 0.3) is 0 Å². The summed E-state index contributed by atoms with van der Waals surface area (Å²) < 4.78 is 5.58. The van der Waals surface area contributed by atoms with Crippen molar-refractivity contribution in [3.63, 3.8) is 0 Å². The summed E-state index contributed by atoms with van der Waals surface area (Å²) in [6.45, 7) is 5.57. The Morgan fingerprint density at radius 3 is 2.50 bits per heavy atom. The van der Waals surface area contributed by atoms with Gasteiger partial charge in [0, 0.05) is 20.1 Å². The Morgan fingerprint density at radius 2 is 2.07 bits per heavy atom. The molecule has 1 N–H and O–H groups in total. The second-order valence-electron chi connectivity index (χ2n) is 3.45. The third-order valence-electron chi connectivity index (χ3n) is 2.10. The molecule has 5 heteroatoms. The predicted octanol–water partition coefficient (Wildman–Crippen LogP) is 0.152. The Kier molecular flexibility index (Phi) is 3.72. The van der Waals surface area contributed by atoms with Crippen molar-refractivity contribution in [3.8, 4) is 6.19 Å². The van der Waals surface area contributed by atoms with Crippen LogP contribution in [0, 0.1) is 11.5 Å². The maximum atomic E-state index is 8.53. The van der Waals surface area contributed by atoms with Crippen molar-refractivity contribution in [2.75, 3.05) is 20.1 Å². The number of nitrogens with one attached hydrogen (secondary N) is 1. The van der Waals surface area contributed by atoms with Crippen molar-refractivity contribution in [2.45, 2.75) is 26.1 Å². The third-order valence-corrected chi connectivity index (χ3v) is 2.10. The number of hydrogen-bond acceptors (Lipinski definition) is 3. The number of rotatable bonds is 0. The van der Waals surface area contributed by atoms with Gasteiger partial charge in [-0.1, -0.05) is 0 Å². The SMILES string of the molecule is CN=C(NC#N)N1CC(C)OC(C)C1. The molecular weight excluding hydrogens is 180 g/mol. The molecule has 1 rings (SSSR count). The van der Waals surface area contributed by atoms with Crippen molar-refractivity contribution < 1.29 is 4.74 Å². The van der Waals surface area contributed by atoms with Crippen molar-refractivity contribution in [2.24, 2.45) is 4.99 Å². The van der Waals surface area contributed by atoms with Gasteiger partial charge in [0.1, 0.15) is 0 Å². The molecule has 0 aromatic heterocycles. The van der Waals surface area contributed by atoms with E-state index in [1.165, 1.54) is 0 Å². The Hall–Kier alpha value is -1.28. The molecule has 14 heavy (non-hydrogen) atoms. The Bertz CT molecular complexity index is 248. The minimum Gasteiger partial charge on any atom is -0.372 e. The minimum atomic E-state index is 0.177. The van der Waals surface area contributed by atoms with Gasteiger partial charge in [-0.15, -0.1) is 0 Å². The molecule has 78 valence electrons. The van der Waals surface area contributed by atoms with E-state index in [0.29, 0.717) is 5.96 Å². The molecule has 0 saturated carbocycles. The summed E-state index contributed by atoms with van der Waals surface area (Å²) in [4.78, 5) is 6.05. The van der Waals surface area contributed by atoms with Gasteiger partial charge >= 0.3 is 0 Å². The van der Waals surface area contributed by atoms with Gasteiger partial charge in [-0.2, -0.15) is 5.26 Å². The van der Waals surface area contributed by atoms with E-state index < -0.39 is 0 Å². The zero-order chi connectivity index (χ0) is 10.6. The first-order valence-electron chi connectivity index (χ1n) is 4.69. The lowest BCUT2D eigenvalue weighted by molar-refractivity contribution is -0.0487. The highest BCUT2D eigenvalue weighted by molar-refractivity contribution is 5.81.